The maximum Gasteiger partial charge on any atom is 0.0509 e. The van der Waals surface area contributed by atoms with E-state index in [2.05, 4.69) is 5.43 Å². The normalized spacial score (nSPS) is 46.2. The highest BCUT2D eigenvalue weighted by molar-refractivity contribution is 5.07. The zero-order chi connectivity index (χ0) is 10.3. The molecule has 0 bridgehead atoms. The highest BCUT2D eigenvalue weighted by atomic mass is 16.5. The minimum atomic E-state index is 0.528. The Labute approximate surface area is 91.7 Å². The molecule has 3 rings (SSSR count). The Morgan fingerprint density at radius 1 is 1.13 bits per heavy atom. The van der Waals surface area contributed by atoms with Gasteiger partial charge in [-0.3, -0.25) is 11.3 Å². The largest absolute Gasteiger partial charge is 0.381 e. The molecule has 0 amide bonds. The molecular weight excluding hydrogens is 188 g/mol. The van der Waals surface area contributed by atoms with E-state index < -0.39 is 0 Å². The molecule has 0 aromatic carbocycles. The van der Waals surface area contributed by atoms with Gasteiger partial charge in [-0.2, -0.15) is 0 Å². The van der Waals surface area contributed by atoms with Crippen LogP contribution in [0.3, 0.4) is 0 Å². The predicted octanol–water partition coefficient (Wildman–Crippen LogP) is 1.29. The SMILES string of the molecule is NNC(C1CCCOC1)C1C2CCCC21. The molecule has 15 heavy (non-hydrogen) atoms. The van der Waals surface area contributed by atoms with E-state index in [1.807, 2.05) is 0 Å². The summed E-state index contributed by atoms with van der Waals surface area (Å²) in [5.74, 6) is 9.27. The summed E-state index contributed by atoms with van der Waals surface area (Å²) in [6, 6.07) is 0.528. The zero-order valence-electron chi connectivity index (χ0n) is 9.32. The Hall–Kier alpha value is -0.120. The van der Waals surface area contributed by atoms with Crippen LogP contribution < -0.4 is 11.3 Å². The Morgan fingerprint density at radius 2 is 1.93 bits per heavy atom. The van der Waals surface area contributed by atoms with Gasteiger partial charge in [0.2, 0.25) is 0 Å². The van der Waals surface area contributed by atoms with Crippen LogP contribution in [-0.2, 0) is 4.74 Å². The second-order valence-electron chi connectivity index (χ2n) is 5.51. The van der Waals surface area contributed by atoms with Crippen molar-refractivity contribution >= 4 is 0 Å². The summed E-state index contributed by atoms with van der Waals surface area (Å²) in [7, 11) is 0. The smallest absolute Gasteiger partial charge is 0.0509 e. The molecule has 0 radical (unpaired) electrons. The van der Waals surface area contributed by atoms with Gasteiger partial charge in [-0.15, -0.1) is 0 Å². The van der Waals surface area contributed by atoms with Gasteiger partial charge in [0.05, 0.1) is 6.61 Å². The van der Waals surface area contributed by atoms with Crippen LogP contribution >= 0.6 is 0 Å². The molecule has 0 aromatic heterocycles. The van der Waals surface area contributed by atoms with Gasteiger partial charge in [-0.1, -0.05) is 6.42 Å². The molecule has 4 atom stereocenters. The van der Waals surface area contributed by atoms with Crippen molar-refractivity contribution in [3.63, 3.8) is 0 Å². The predicted molar refractivity (Wildman–Crippen MR) is 59.0 cm³/mol. The fraction of sp³-hybridized carbons (Fsp3) is 1.00. The van der Waals surface area contributed by atoms with Gasteiger partial charge in [0.15, 0.2) is 0 Å². The van der Waals surface area contributed by atoms with E-state index in [0.717, 1.165) is 31.0 Å². The third kappa shape index (κ3) is 1.71. The topological polar surface area (TPSA) is 47.3 Å². The van der Waals surface area contributed by atoms with Crippen molar-refractivity contribution in [3.05, 3.63) is 0 Å². The van der Waals surface area contributed by atoms with Gasteiger partial charge >= 0.3 is 0 Å². The molecule has 1 heterocycles. The Bertz CT molecular complexity index is 216. The number of nitrogens with two attached hydrogens (primary N) is 1. The van der Waals surface area contributed by atoms with Crippen LogP contribution in [0.2, 0.25) is 0 Å². The number of hydrogen-bond donors (Lipinski definition) is 2. The van der Waals surface area contributed by atoms with E-state index in [0.29, 0.717) is 12.0 Å². The van der Waals surface area contributed by atoms with E-state index in [1.54, 1.807) is 0 Å². The van der Waals surface area contributed by atoms with Crippen LogP contribution in [-0.4, -0.2) is 19.3 Å². The average Bonchev–Trinajstić information content (AvgIpc) is 2.76. The lowest BCUT2D eigenvalue weighted by Crippen LogP contribution is -2.46. The minimum absolute atomic E-state index is 0.528. The van der Waals surface area contributed by atoms with Gasteiger partial charge < -0.3 is 4.74 Å². The first-order valence-corrected chi connectivity index (χ1v) is 6.45. The molecule has 0 aromatic rings. The minimum Gasteiger partial charge on any atom is -0.381 e. The Balaban J connectivity index is 1.61. The third-order valence-electron chi connectivity index (χ3n) is 4.78. The lowest BCUT2D eigenvalue weighted by molar-refractivity contribution is 0.0334. The summed E-state index contributed by atoms with van der Waals surface area (Å²) in [6.07, 6.45) is 6.85. The van der Waals surface area contributed by atoms with Crippen molar-refractivity contribution in [3.8, 4) is 0 Å². The van der Waals surface area contributed by atoms with E-state index in [4.69, 9.17) is 10.6 Å². The number of rotatable bonds is 3. The van der Waals surface area contributed by atoms with Gasteiger partial charge in [0.1, 0.15) is 0 Å². The molecule has 3 nitrogen and oxygen atoms in total. The molecule has 86 valence electrons. The highest BCUT2D eigenvalue weighted by Gasteiger charge is 2.56. The monoisotopic (exact) mass is 210 g/mol. The van der Waals surface area contributed by atoms with E-state index in [9.17, 15) is 0 Å². The van der Waals surface area contributed by atoms with Crippen molar-refractivity contribution in [1.82, 2.24) is 5.43 Å². The van der Waals surface area contributed by atoms with Crippen molar-refractivity contribution < 1.29 is 4.74 Å². The first kappa shape index (κ1) is 10.1. The maximum absolute atomic E-state index is 5.74. The summed E-state index contributed by atoms with van der Waals surface area (Å²) in [5, 5.41) is 0. The number of nitrogens with one attached hydrogen (secondary N) is 1. The van der Waals surface area contributed by atoms with Gasteiger partial charge in [0.25, 0.3) is 0 Å². The number of ether oxygens (including phenoxy) is 1. The van der Waals surface area contributed by atoms with Crippen LogP contribution in [0.4, 0.5) is 0 Å². The number of hydrogen-bond acceptors (Lipinski definition) is 3. The lowest BCUT2D eigenvalue weighted by Gasteiger charge is -2.31. The average molecular weight is 210 g/mol. The van der Waals surface area contributed by atoms with E-state index in [1.165, 1.54) is 32.1 Å². The highest BCUT2D eigenvalue weighted by Crippen LogP contribution is 2.60. The summed E-state index contributed by atoms with van der Waals surface area (Å²) in [5.41, 5.74) is 3.08. The molecule has 3 fully saturated rings. The molecule has 2 aliphatic carbocycles. The first-order valence-electron chi connectivity index (χ1n) is 6.45. The molecule has 0 spiro atoms. The standard InChI is InChI=1S/C12H22N2O/c13-14-12(8-3-2-6-15-7-8)11-9-4-1-5-10(9)11/h8-12,14H,1-7,13H2. The van der Waals surface area contributed by atoms with Gasteiger partial charge in [0, 0.05) is 12.6 Å². The van der Waals surface area contributed by atoms with Crippen molar-refractivity contribution in [1.29, 1.82) is 0 Å². The number of hydrazine groups is 1. The Morgan fingerprint density at radius 3 is 2.53 bits per heavy atom. The van der Waals surface area contributed by atoms with Crippen molar-refractivity contribution in [2.45, 2.75) is 38.1 Å². The summed E-state index contributed by atoms with van der Waals surface area (Å²) < 4.78 is 5.57. The molecule has 3 aliphatic rings. The lowest BCUT2D eigenvalue weighted by atomic mass is 9.88. The van der Waals surface area contributed by atoms with Crippen LogP contribution in [0.1, 0.15) is 32.1 Å². The molecule has 3 N–H and O–H groups in total. The van der Waals surface area contributed by atoms with Crippen LogP contribution in [0, 0.1) is 23.7 Å². The third-order valence-corrected chi connectivity index (χ3v) is 4.78. The fourth-order valence-electron chi connectivity index (χ4n) is 4.02. The molecule has 2 saturated carbocycles. The van der Waals surface area contributed by atoms with Gasteiger partial charge in [-0.05, 0) is 49.4 Å². The fourth-order valence-corrected chi connectivity index (χ4v) is 4.02. The zero-order valence-corrected chi connectivity index (χ0v) is 9.32. The van der Waals surface area contributed by atoms with Crippen LogP contribution in [0.15, 0.2) is 0 Å². The summed E-state index contributed by atoms with van der Waals surface area (Å²) in [6.45, 7) is 1.87. The molecule has 4 unspecified atom stereocenters. The van der Waals surface area contributed by atoms with Crippen molar-refractivity contribution in [2.24, 2.45) is 29.5 Å². The molecule has 1 saturated heterocycles. The first-order chi connectivity index (χ1) is 7.42. The van der Waals surface area contributed by atoms with Crippen molar-refractivity contribution in [2.75, 3.05) is 13.2 Å². The van der Waals surface area contributed by atoms with E-state index >= 15 is 0 Å². The summed E-state index contributed by atoms with van der Waals surface area (Å²) in [4.78, 5) is 0. The van der Waals surface area contributed by atoms with Gasteiger partial charge in [-0.25, -0.2) is 0 Å². The van der Waals surface area contributed by atoms with Crippen LogP contribution in [0.25, 0.3) is 0 Å². The second-order valence-corrected chi connectivity index (χ2v) is 5.51. The summed E-state index contributed by atoms with van der Waals surface area (Å²) >= 11 is 0. The van der Waals surface area contributed by atoms with E-state index in [-0.39, 0.29) is 0 Å². The second kappa shape index (κ2) is 4.04. The quantitative estimate of drug-likeness (QED) is 0.545. The molecule has 3 heteroatoms. The molecular formula is C12H22N2O. The number of fused-ring (bicyclic) bond motifs is 1. The van der Waals surface area contributed by atoms with Crippen LogP contribution in [0.5, 0.6) is 0 Å². The Kier molecular flexibility index (Phi) is 2.71. The maximum atomic E-state index is 5.74. The molecule has 1 aliphatic heterocycles.